The first-order valence-electron chi connectivity index (χ1n) is 7.04. The van der Waals surface area contributed by atoms with Gasteiger partial charge >= 0.3 is 0 Å². The molecule has 0 saturated heterocycles. The van der Waals surface area contributed by atoms with Gasteiger partial charge in [-0.05, 0) is 32.6 Å². The van der Waals surface area contributed by atoms with Crippen molar-refractivity contribution in [3.05, 3.63) is 0 Å². The molecule has 0 aromatic rings. The largest absolute Gasteiger partial charge is 0.383 e. The van der Waals surface area contributed by atoms with Crippen molar-refractivity contribution < 1.29 is 4.74 Å². The molecule has 0 aromatic carbocycles. The quantitative estimate of drug-likeness (QED) is 0.776. The van der Waals surface area contributed by atoms with Gasteiger partial charge in [-0.3, -0.25) is 4.90 Å². The Morgan fingerprint density at radius 1 is 1.41 bits per heavy atom. The fraction of sp³-hybridized carbons (Fsp3) is 1.00. The standard InChI is InChI=1S/C14H30N2O/c1-12(2)16(9-10-17-4)14(11-15)8-6-5-7-13(14)3/h12-13H,5-11,15H2,1-4H3. The van der Waals surface area contributed by atoms with E-state index in [4.69, 9.17) is 10.5 Å². The molecule has 0 radical (unpaired) electrons. The zero-order valence-electron chi connectivity index (χ0n) is 12.0. The molecule has 2 N–H and O–H groups in total. The summed E-state index contributed by atoms with van der Waals surface area (Å²) in [4.78, 5) is 2.58. The first-order chi connectivity index (χ1) is 8.08. The molecule has 1 aliphatic carbocycles. The number of hydrogen-bond acceptors (Lipinski definition) is 3. The van der Waals surface area contributed by atoms with Crippen LogP contribution < -0.4 is 5.73 Å². The molecule has 3 nitrogen and oxygen atoms in total. The summed E-state index contributed by atoms with van der Waals surface area (Å²) in [5.41, 5.74) is 6.36. The highest BCUT2D eigenvalue weighted by molar-refractivity contribution is 4.99. The van der Waals surface area contributed by atoms with E-state index in [-0.39, 0.29) is 5.54 Å². The number of hydrogen-bond donors (Lipinski definition) is 1. The van der Waals surface area contributed by atoms with Crippen molar-refractivity contribution in [1.82, 2.24) is 4.90 Å². The zero-order chi connectivity index (χ0) is 12.9. The van der Waals surface area contributed by atoms with Gasteiger partial charge in [0.15, 0.2) is 0 Å². The molecule has 0 spiro atoms. The second-order valence-corrected chi connectivity index (χ2v) is 5.73. The van der Waals surface area contributed by atoms with Crippen LogP contribution in [0.4, 0.5) is 0 Å². The molecule has 1 saturated carbocycles. The maximum absolute atomic E-state index is 6.16. The minimum Gasteiger partial charge on any atom is -0.383 e. The lowest BCUT2D eigenvalue weighted by molar-refractivity contribution is -0.0228. The molecule has 1 rings (SSSR count). The predicted molar refractivity (Wildman–Crippen MR) is 73.1 cm³/mol. The maximum atomic E-state index is 6.16. The molecular formula is C14H30N2O. The highest BCUT2D eigenvalue weighted by atomic mass is 16.5. The van der Waals surface area contributed by atoms with E-state index >= 15 is 0 Å². The summed E-state index contributed by atoms with van der Waals surface area (Å²) < 4.78 is 5.26. The zero-order valence-corrected chi connectivity index (χ0v) is 12.0. The van der Waals surface area contributed by atoms with Gasteiger partial charge in [0.1, 0.15) is 0 Å². The molecule has 0 bridgehead atoms. The Kier molecular flexibility index (Phi) is 5.90. The second-order valence-electron chi connectivity index (χ2n) is 5.73. The molecule has 102 valence electrons. The van der Waals surface area contributed by atoms with E-state index in [9.17, 15) is 0 Å². The van der Waals surface area contributed by atoms with Gasteiger partial charge in [-0.2, -0.15) is 0 Å². The average molecular weight is 242 g/mol. The van der Waals surface area contributed by atoms with E-state index in [0.29, 0.717) is 12.0 Å². The van der Waals surface area contributed by atoms with Crippen LogP contribution in [-0.2, 0) is 4.74 Å². The van der Waals surface area contributed by atoms with E-state index in [1.165, 1.54) is 25.7 Å². The fourth-order valence-corrected chi connectivity index (χ4v) is 3.43. The summed E-state index contributed by atoms with van der Waals surface area (Å²) in [7, 11) is 1.78. The first-order valence-corrected chi connectivity index (χ1v) is 7.04. The number of rotatable bonds is 6. The van der Waals surface area contributed by atoms with Gasteiger partial charge in [0, 0.05) is 31.8 Å². The van der Waals surface area contributed by atoms with Crippen molar-refractivity contribution in [2.75, 3.05) is 26.8 Å². The minimum atomic E-state index is 0.199. The third-order valence-electron chi connectivity index (χ3n) is 4.50. The van der Waals surface area contributed by atoms with E-state index in [2.05, 4.69) is 25.7 Å². The lowest BCUT2D eigenvalue weighted by Crippen LogP contribution is -2.62. The molecule has 3 heteroatoms. The third kappa shape index (κ3) is 3.21. The van der Waals surface area contributed by atoms with Crippen molar-refractivity contribution in [2.24, 2.45) is 11.7 Å². The van der Waals surface area contributed by atoms with Gasteiger partial charge in [-0.15, -0.1) is 0 Å². The summed E-state index contributed by atoms with van der Waals surface area (Å²) in [6.45, 7) is 9.48. The number of ether oxygens (including phenoxy) is 1. The Hall–Kier alpha value is -0.120. The Bertz CT molecular complexity index is 220. The monoisotopic (exact) mass is 242 g/mol. The summed E-state index contributed by atoms with van der Waals surface area (Å²) in [5, 5.41) is 0. The van der Waals surface area contributed by atoms with Crippen molar-refractivity contribution in [1.29, 1.82) is 0 Å². The highest BCUT2D eigenvalue weighted by Gasteiger charge is 2.42. The van der Waals surface area contributed by atoms with Crippen LogP contribution in [-0.4, -0.2) is 43.3 Å². The topological polar surface area (TPSA) is 38.5 Å². The molecule has 17 heavy (non-hydrogen) atoms. The summed E-state index contributed by atoms with van der Waals surface area (Å²) in [5.74, 6) is 0.695. The molecule has 0 amide bonds. The lowest BCUT2D eigenvalue weighted by atomic mass is 9.72. The van der Waals surface area contributed by atoms with E-state index in [0.717, 1.165) is 19.7 Å². The molecule has 2 atom stereocenters. The van der Waals surface area contributed by atoms with Crippen molar-refractivity contribution in [3.63, 3.8) is 0 Å². The van der Waals surface area contributed by atoms with Gasteiger partial charge < -0.3 is 10.5 Å². The van der Waals surface area contributed by atoms with Crippen LogP contribution in [0.2, 0.25) is 0 Å². The lowest BCUT2D eigenvalue weighted by Gasteiger charge is -2.52. The van der Waals surface area contributed by atoms with Gasteiger partial charge in [0.05, 0.1) is 6.61 Å². The maximum Gasteiger partial charge on any atom is 0.0590 e. The van der Waals surface area contributed by atoms with Gasteiger partial charge in [-0.1, -0.05) is 19.8 Å². The van der Waals surface area contributed by atoms with Crippen LogP contribution in [0.25, 0.3) is 0 Å². The molecule has 0 heterocycles. The van der Waals surface area contributed by atoms with Crippen molar-refractivity contribution >= 4 is 0 Å². The van der Waals surface area contributed by atoms with Crippen LogP contribution in [0.1, 0.15) is 46.5 Å². The fourth-order valence-electron chi connectivity index (χ4n) is 3.43. The Labute approximate surface area is 107 Å². The van der Waals surface area contributed by atoms with E-state index in [1.807, 2.05) is 0 Å². The first kappa shape index (κ1) is 14.9. The Morgan fingerprint density at radius 3 is 2.59 bits per heavy atom. The predicted octanol–water partition coefficient (Wildman–Crippen LogP) is 2.25. The van der Waals surface area contributed by atoms with Crippen LogP contribution >= 0.6 is 0 Å². The highest BCUT2D eigenvalue weighted by Crippen LogP contribution is 2.38. The van der Waals surface area contributed by atoms with Crippen LogP contribution in [0.3, 0.4) is 0 Å². The summed E-state index contributed by atoms with van der Waals surface area (Å²) in [6, 6.07) is 0.536. The Balaban J connectivity index is 2.84. The van der Waals surface area contributed by atoms with Crippen molar-refractivity contribution in [3.8, 4) is 0 Å². The molecule has 2 unspecified atom stereocenters. The second kappa shape index (κ2) is 6.72. The van der Waals surface area contributed by atoms with Gasteiger partial charge in [0.25, 0.3) is 0 Å². The number of nitrogens with zero attached hydrogens (tertiary/aromatic N) is 1. The Morgan fingerprint density at radius 2 is 2.12 bits per heavy atom. The molecule has 1 aliphatic rings. The van der Waals surface area contributed by atoms with E-state index in [1.54, 1.807) is 7.11 Å². The molecule has 1 fully saturated rings. The summed E-state index contributed by atoms with van der Waals surface area (Å²) in [6.07, 6.45) is 5.23. The number of methoxy groups -OCH3 is 1. The average Bonchev–Trinajstić information content (AvgIpc) is 2.31. The molecule has 0 aliphatic heterocycles. The van der Waals surface area contributed by atoms with E-state index < -0.39 is 0 Å². The number of nitrogens with two attached hydrogens (primary N) is 1. The minimum absolute atomic E-state index is 0.199. The SMILES string of the molecule is COCCN(C(C)C)C1(CN)CCCCC1C. The third-order valence-corrected chi connectivity index (χ3v) is 4.50. The normalized spacial score (nSPS) is 30.2. The molecular weight excluding hydrogens is 212 g/mol. The van der Waals surface area contributed by atoms with Crippen molar-refractivity contribution in [2.45, 2.75) is 58.0 Å². The van der Waals surface area contributed by atoms with Gasteiger partial charge in [-0.25, -0.2) is 0 Å². The van der Waals surface area contributed by atoms with Crippen LogP contribution in [0.5, 0.6) is 0 Å². The van der Waals surface area contributed by atoms with Gasteiger partial charge in [0.2, 0.25) is 0 Å². The summed E-state index contributed by atoms with van der Waals surface area (Å²) >= 11 is 0. The molecule has 0 aromatic heterocycles. The smallest absolute Gasteiger partial charge is 0.0590 e. The van der Waals surface area contributed by atoms with Crippen LogP contribution in [0.15, 0.2) is 0 Å². The van der Waals surface area contributed by atoms with Crippen LogP contribution in [0, 0.1) is 5.92 Å².